The standard InChI is InChI=1S/C22H26N2O2.CH2O2/c1-16-9-10-17(2)20(13-16)14-24-18(3)22(26)23(15-21(24)25)12-11-19-7-5-4-6-8-19;2-1-3/h4-10,13,18H,11-12,14-15H2,1-3H3;1H,(H,2,3)/t18-;/m0./s1. The average molecular weight is 396 g/mol. The van der Waals surface area contributed by atoms with Crippen LogP contribution in [-0.2, 0) is 27.3 Å². The second-order valence-corrected chi connectivity index (χ2v) is 7.23. The number of benzene rings is 2. The van der Waals surface area contributed by atoms with Crippen LogP contribution in [0.3, 0.4) is 0 Å². The Morgan fingerprint density at radius 1 is 1.10 bits per heavy atom. The van der Waals surface area contributed by atoms with Crippen LogP contribution in [0.5, 0.6) is 0 Å². The van der Waals surface area contributed by atoms with Gasteiger partial charge in [-0.3, -0.25) is 14.4 Å². The number of nitrogens with zero attached hydrogens (tertiary/aromatic N) is 2. The van der Waals surface area contributed by atoms with Crippen molar-refractivity contribution < 1.29 is 19.5 Å². The molecule has 29 heavy (non-hydrogen) atoms. The van der Waals surface area contributed by atoms with Gasteiger partial charge in [0.1, 0.15) is 6.04 Å². The molecule has 0 radical (unpaired) electrons. The molecule has 3 rings (SSSR count). The van der Waals surface area contributed by atoms with Crippen LogP contribution < -0.4 is 0 Å². The molecule has 1 aliphatic rings. The largest absolute Gasteiger partial charge is 0.483 e. The quantitative estimate of drug-likeness (QED) is 0.789. The second kappa shape index (κ2) is 10.4. The molecule has 1 fully saturated rings. The molecule has 6 heteroatoms. The Labute approximate surface area is 171 Å². The number of rotatable bonds is 5. The summed E-state index contributed by atoms with van der Waals surface area (Å²) in [5.74, 6) is 0.0527. The van der Waals surface area contributed by atoms with Gasteiger partial charge < -0.3 is 14.9 Å². The smallest absolute Gasteiger partial charge is 0.290 e. The van der Waals surface area contributed by atoms with E-state index in [1.54, 1.807) is 9.80 Å². The molecule has 1 heterocycles. The lowest BCUT2D eigenvalue weighted by Crippen LogP contribution is -2.58. The first kappa shape index (κ1) is 22.1. The molecule has 2 aromatic carbocycles. The molecule has 6 nitrogen and oxygen atoms in total. The van der Waals surface area contributed by atoms with Crippen molar-refractivity contribution >= 4 is 18.3 Å². The lowest BCUT2D eigenvalue weighted by atomic mass is 10.0. The summed E-state index contributed by atoms with van der Waals surface area (Å²) in [5.41, 5.74) is 4.60. The summed E-state index contributed by atoms with van der Waals surface area (Å²) in [6, 6.07) is 15.9. The van der Waals surface area contributed by atoms with Crippen LogP contribution in [0.2, 0.25) is 0 Å². The Kier molecular flexibility index (Phi) is 7.95. The first-order chi connectivity index (χ1) is 13.9. The summed E-state index contributed by atoms with van der Waals surface area (Å²) in [6.45, 7) is 6.91. The van der Waals surface area contributed by atoms with Crippen LogP contribution in [0.15, 0.2) is 48.5 Å². The summed E-state index contributed by atoms with van der Waals surface area (Å²) in [4.78, 5) is 37.2. The Morgan fingerprint density at radius 2 is 1.76 bits per heavy atom. The van der Waals surface area contributed by atoms with Crippen LogP contribution in [0.4, 0.5) is 0 Å². The molecule has 0 spiro atoms. The molecule has 0 unspecified atom stereocenters. The summed E-state index contributed by atoms with van der Waals surface area (Å²) in [5, 5.41) is 6.89. The number of piperazine rings is 1. The summed E-state index contributed by atoms with van der Waals surface area (Å²) in [6.07, 6.45) is 0.767. The molecule has 0 saturated carbocycles. The van der Waals surface area contributed by atoms with Gasteiger partial charge in [0, 0.05) is 13.1 Å². The summed E-state index contributed by atoms with van der Waals surface area (Å²) in [7, 11) is 0. The van der Waals surface area contributed by atoms with E-state index in [1.165, 1.54) is 11.1 Å². The number of carboxylic acid groups (broad SMARTS) is 1. The number of aryl methyl sites for hydroxylation is 2. The van der Waals surface area contributed by atoms with Gasteiger partial charge in [0.2, 0.25) is 11.8 Å². The number of carbonyl (C=O) groups excluding carboxylic acids is 2. The molecule has 0 aromatic heterocycles. The van der Waals surface area contributed by atoms with Crippen molar-refractivity contribution in [1.82, 2.24) is 9.80 Å². The molecule has 2 amide bonds. The first-order valence-electron chi connectivity index (χ1n) is 9.63. The van der Waals surface area contributed by atoms with E-state index in [2.05, 4.69) is 18.2 Å². The normalized spacial score (nSPS) is 16.3. The van der Waals surface area contributed by atoms with Crippen LogP contribution in [0.1, 0.15) is 29.2 Å². The minimum absolute atomic E-state index is 0.0195. The van der Waals surface area contributed by atoms with E-state index in [-0.39, 0.29) is 24.8 Å². The number of carbonyl (C=O) groups is 3. The molecule has 2 aromatic rings. The highest BCUT2D eigenvalue weighted by atomic mass is 16.3. The van der Waals surface area contributed by atoms with Crippen molar-refractivity contribution in [3.63, 3.8) is 0 Å². The minimum atomic E-state index is -0.424. The average Bonchev–Trinajstić information content (AvgIpc) is 2.71. The van der Waals surface area contributed by atoms with Crippen LogP contribution in [-0.4, -0.2) is 52.3 Å². The van der Waals surface area contributed by atoms with E-state index < -0.39 is 6.04 Å². The van der Waals surface area contributed by atoms with Crippen molar-refractivity contribution in [2.24, 2.45) is 0 Å². The fourth-order valence-corrected chi connectivity index (χ4v) is 3.42. The van der Waals surface area contributed by atoms with Crippen molar-refractivity contribution in [2.45, 2.75) is 39.8 Å². The number of amides is 2. The van der Waals surface area contributed by atoms with Crippen LogP contribution in [0.25, 0.3) is 0 Å². The zero-order valence-electron chi connectivity index (χ0n) is 17.2. The lowest BCUT2D eigenvalue weighted by molar-refractivity contribution is -0.155. The Hall–Kier alpha value is -3.15. The van der Waals surface area contributed by atoms with Crippen molar-refractivity contribution in [1.29, 1.82) is 0 Å². The van der Waals surface area contributed by atoms with E-state index in [4.69, 9.17) is 9.90 Å². The van der Waals surface area contributed by atoms with Gasteiger partial charge in [0.05, 0.1) is 6.54 Å². The zero-order valence-corrected chi connectivity index (χ0v) is 17.2. The van der Waals surface area contributed by atoms with E-state index in [0.29, 0.717) is 13.1 Å². The maximum Gasteiger partial charge on any atom is 0.290 e. The van der Waals surface area contributed by atoms with E-state index in [1.807, 2.05) is 51.1 Å². The maximum atomic E-state index is 12.8. The minimum Gasteiger partial charge on any atom is -0.483 e. The van der Waals surface area contributed by atoms with E-state index in [0.717, 1.165) is 17.5 Å². The van der Waals surface area contributed by atoms with Gasteiger partial charge in [0.25, 0.3) is 6.47 Å². The zero-order chi connectivity index (χ0) is 21.4. The lowest BCUT2D eigenvalue weighted by Gasteiger charge is -2.39. The summed E-state index contributed by atoms with van der Waals surface area (Å²) < 4.78 is 0. The highest BCUT2D eigenvalue weighted by Gasteiger charge is 2.36. The maximum absolute atomic E-state index is 12.8. The highest BCUT2D eigenvalue weighted by Crippen LogP contribution is 2.19. The fraction of sp³-hybridized carbons (Fsp3) is 0.348. The second-order valence-electron chi connectivity index (χ2n) is 7.23. The predicted molar refractivity (Wildman–Crippen MR) is 111 cm³/mol. The third kappa shape index (κ3) is 5.91. The van der Waals surface area contributed by atoms with Crippen molar-refractivity contribution in [3.8, 4) is 0 Å². The van der Waals surface area contributed by atoms with Gasteiger partial charge >= 0.3 is 0 Å². The van der Waals surface area contributed by atoms with Gasteiger partial charge in [-0.15, -0.1) is 0 Å². The third-order valence-corrected chi connectivity index (χ3v) is 5.14. The van der Waals surface area contributed by atoms with Gasteiger partial charge in [-0.1, -0.05) is 54.1 Å². The molecule has 154 valence electrons. The SMILES string of the molecule is Cc1ccc(C)c(CN2C(=O)CN(CCc3ccccc3)C(=O)[C@@H]2C)c1.O=CO. The number of hydrogen-bond donors (Lipinski definition) is 1. The Balaban J connectivity index is 0.000000941. The van der Waals surface area contributed by atoms with Gasteiger partial charge in [-0.05, 0) is 43.9 Å². The molecule has 1 N–H and O–H groups in total. The first-order valence-corrected chi connectivity index (χ1v) is 9.63. The molecule has 1 atom stereocenters. The van der Waals surface area contributed by atoms with Crippen LogP contribution in [0, 0.1) is 13.8 Å². The van der Waals surface area contributed by atoms with Crippen LogP contribution >= 0.6 is 0 Å². The van der Waals surface area contributed by atoms with Gasteiger partial charge in [-0.2, -0.15) is 0 Å². The van der Waals surface area contributed by atoms with Gasteiger partial charge in [-0.25, -0.2) is 0 Å². The Bertz CT molecular complexity index is 851. The molecule has 0 bridgehead atoms. The topological polar surface area (TPSA) is 77.9 Å². The molecular weight excluding hydrogens is 368 g/mol. The number of hydrogen-bond acceptors (Lipinski definition) is 3. The molecule has 0 aliphatic carbocycles. The highest BCUT2D eigenvalue weighted by molar-refractivity contribution is 5.94. The predicted octanol–water partition coefficient (Wildman–Crippen LogP) is 2.81. The van der Waals surface area contributed by atoms with E-state index >= 15 is 0 Å². The molecule has 1 saturated heterocycles. The third-order valence-electron chi connectivity index (χ3n) is 5.14. The van der Waals surface area contributed by atoms with E-state index in [9.17, 15) is 9.59 Å². The van der Waals surface area contributed by atoms with Crippen molar-refractivity contribution in [3.05, 3.63) is 70.8 Å². The fourth-order valence-electron chi connectivity index (χ4n) is 3.42. The Morgan fingerprint density at radius 3 is 2.41 bits per heavy atom. The van der Waals surface area contributed by atoms with Crippen molar-refractivity contribution in [2.75, 3.05) is 13.1 Å². The van der Waals surface area contributed by atoms with Gasteiger partial charge in [0.15, 0.2) is 0 Å². The molecule has 1 aliphatic heterocycles. The molecular formula is C23H28N2O4. The summed E-state index contributed by atoms with van der Waals surface area (Å²) >= 11 is 0. The monoisotopic (exact) mass is 396 g/mol.